The third-order valence-corrected chi connectivity index (χ3v) is 7.07. The molecule has 0 unspecified atom stereocenters. The van der Waals surface area contributed by atoms with E-state index in [9.17, 15) is 4.79 Å². The number of fused-ring (bicyclic) bond motifs is 1. The molecule has 3 aromatic carbocycles. The van der Waals surface area contributed by atoms with Crippen molar-refractivity contribution in [2.45, 2.75) is 32.1 Å². The summed E-state index contributed by atoms with van der Waals surface area (Å²) in [5, 5.41) is 3.85. The smallest absolute Gasteiger partial charge is 0.231 e. The zero-order valence-corrected chi connectivity index (χ0v) is 16.8. The summed E-state index contributed by atoms with van der Waals surface area (Å²) in [6.07, 6.45) is 0.817. The van der Waals surface area contributed by atoms with Crippen LogP contribution in [0.5, 0.6) is 0 Å². The van der Waals surface area contributed by atoms with Gasteiger partial charge in [0.25, 0.3) is 0 Å². The van der Waals surface area contributed by atoms with Gasteiger partial charge in [-0.1, -0.05) is 66.2 Å². The normalized spacial score (nSPS) is 24.4. The molecule has 6 rings (SSSR count). The molecule has 2 bridgehead atoms. The second kappa shape index (κ2) is 6.22. The fourth-order valence-corrected chi connectivity index (χ4v) is 5.37. The van der Waals surface area contributed by atoms with E-state index in [4.69, 9.17) is 11.6 Å². The molecule has 1 N–H and O–H groups in total. The quantitative estimate of drug-likeness (QED) is 0.551. The average Bonchev–Trinajstić information content (AvgIpc) is 2.71. The number of carbonyl (C=O) groups is 1. The van der Waals surface area contributed by atoms with Crippen molar-refractivity contribution in [2.75, 3.05) is 5.32 Å². The minimum atomic E-state index is -0.512. The summed E-state index contributed by atoms with van der Waals surface area (Å²) in [4.78, 5) is 13.6. The standard InChI is InChI=1S/C25H22ClNO/c1-15-21(26)12-7-13-22(15)27-24(28)25(2)14-20-16-8-3-5-10-18(16)23(25)19-11-6-4-9-17(19)20/h3-13,20,23H,14H2,1-2H3,(H,27,28)/t20?,23?,25-/m0/s1. The second-order valence-electron chi connectivity index (χ2n) is 8.23. The minimum Gasteiger partial charge on any atom is -0.325 e. The van der Waals surface area contributed by atoms with Crippen molar-refractivity contribution in [3.63, 3.8) is 0 Å². The summed E-state index contributed by atoms with van der Waals surface area (Å²) in [7, 11) is 0. The maximum atomic E-state index is 13.6. The van der Waals surface area contributed by atoms with Gasteiger partial charge in [0.05, 0.1) is 5.41 Å². The summed E-state index contributed by atoms with van der Waals surface area (Å²) < 4.78 is 0. The first kappa shape index (κ1) is 17.5. The Hall–Kier alpha value is -2.58. The number of anilines is 1. The van der Waals surface area contributed by atoms with Gasteiger partial charge in [0, 0.05) is 22.5 Å². The van der Waals surface area contributed by atoms with Gasteiger partial charge in [-0.3, -0.25) is 4.79 Å². The van der Waals surface area contributed by atoms with Gasteiger partial charge in [0.2, 0.25) is 5.91 Å². The number of hydrogen-bond acceptors (Lipinski definition) is 1. The van der Waals surface area contributed by atoms with Crippen LogP contribution >= 0.6 is 11.6 Å². The molecule has 3 heteroatoms. The predicted octanol–water partition coefficient (Wildman–Crippen LogP) is 6.27. The van der Waals surface area contributed by atoms with Gasteiger partial charge >= 0.3 is 0 Å². The maximum absolute atomic E-state index is 13.6. The second-order valence-corrected chi connectivity index (χ2v) is 8.64. The first-order chi connectivity index (χ1) is 13.5. The van der Waals surface area contributed by atoms with Crippen LogP contribution in [0.4, 0.5) is 5.69 Å². The van der Waals surface area contributed by atoms with Crippen molar-refractivity contribution in [3.8, 4) is 0 Å². The molecule has 1 amide bonds. The van der Waals surface area contributed by atoms with Crippen LogP contribution in [0.15, 0.2) is 66.7 Å². The van der Waals surface area contributed by atoms with Crippen LogP contribution in [-0.4, -0.2) is 5.91 Å². The third-order valence-electron chi connectivity index (χ3n) is 6.66. The topological polar surface area (TPSA) is 29.1 Å². The number of amides is 1. The Morgan fingerprint density at radius 3 is 2.11 bits per heavy atom. The highest BCUT2D eigenvalue weighted by Crippen LogP contribution is 2.61. The van der Waals surface area contributed by atoms with Gasteiger partial charge in [-0.25, -0.2) is 0 Å². The Morgan fingerprint density at radius 1 is 0.929 bits per heavy atom. The van der Waals surface area contributed by atoms with E-state index in [-0.39, 0.29) is 17.7 Å². The lowest BCUT2D eigenvalue weighted by Gasteiger charge is -2.50. The zero-order chi connectivity index (χ0) is 19.5. The molecule has 0 spiro atoms. The molecular weight excluding hydrogens is 366 g/mol. The van der Waals surface area contributed by atoms with E-state index >= 15 is 0 Å². The lowest BCUT2D eigenvalue weighted by molar-refractivity contribution is -0.126. The summed E-state index contributed by atoms with van der Waals surface area (Å²) in [6.45, 7) is 4.06. The summed E-state index contributed by atoms with van der Waals surface area (Å²) in [6, 6.07) is 22.9. The molecule has 3 aromatic rings. The maximum Gasteiger partial charge on any atom is 0.231 e. The van der Waals surface area contributed by atoms with Crippen LogP contribution in [0.3, 0.4) is 0 Å². The lowest BCUT2D eigenvalue weighted by atomic mass is 9.52. The number of rotatable bonds is 2. The molecule has 2 nitrogen and oxygen atoms in total. The Labute approximate surface area is 170 Å². The molecule has 0 saturated heterocycles. The first-order valence-electron chi connectivity index (χ1n) is 9.75. The zero-order valence-electron chi connectivity index (χ0n) is 16.0. The highest BCUT2D eigenvalue weighted by Gasteiger charge is 2.53. The third kappa shape index (κ3) is 2.37. The highest BCUT2D eigenvalue weighted by atomic mass is 35.5. The van der Waals surface area contributed by atoms with Crippen LogP contribution in [-0.2, 0) is 4.79 Å². The minimum absolute atomic E-state index is 0.0596. The van der Waals surface area contributed by atoms with E-state index in [1.165, 1.54) is 22.3 Å². The van der Waals surface area contributed by atoms with Crippen LogP contribution in [0.2, 0.25) is 5.02 Å². The van der Waals surface area contributed by atoms with Gasteiger partial charge in [0.1, 0.15) is 0 Å². The van der Waals surface area contributed by atoms with Crippen molar-refractivity contribution in [1.29, 1.82) is 0 Å². The van der Waals surface area contributed by atoms with E-state index in [0.29, 0.717) is 5.02 Å². The Bertz CT molecular complexity index is 1060. The predicted molar refractivity (Wildman–Crippen MR) is 114 cm³/mol. The molecule has 0 aromatic heterocycles. The fraction of sp³-hybridized carbons (Fsp3) is 0.240. The molecule has 0 radical (unpaired) electrons. The lowest BCUT2D eigenvalue weighted by Crippen LogP contribution is -2.47. The number of halogens is 1. The van der Waals surface area contributed by atoms with Crippen LogP contribution in [0.25, 0.3) is 0 Å². The van der Waals surface area contributed by atoms with Crippen molar-refractivity contribution in [2.24, 2.45) is 5.41 Å². The van der Waals surface area contributed by atoms with E-state index < -0.39 is 5.41 Å². The van der Waals surface area contributed by atoms with Crippen molar-refractivity contribution < 1.29 is 4.79 Å². The number of nitrogens with one attached hydrogen (secondary N) is 1. The van der Waals surface area contributed by atoms with Gasteiger partial charge in [-0.05, 0) is 60.2 Å². The molecular formula is C25H22ClNO. The molecule has 3 aliphatic rings. The van der Waals surface area contributed by atoms with Gasteiger partial charge in [-0.15, -0.1) is 0 Å². The largest absolute Gasteiger partial charge is 0.325 e. The Kier molecular flexibility index (Phi) is 3.89. The van der Waals surface area contributed by atoms with Crippen molar-refractivity contribution in [1.82, 2.24) is 0 Å². The summed E-state index contributed by atoms with van der Waals surface area (Å²) in [5.41, 5.74) is 6.51. The molecule has 3 aliphatic carbocycles. The van der Waals surface area contributed by atoms with Crippen molar-refractivity contribution >= 4 is 23.2 Å². The summed E-state index contributed by atoms with van der Waals surface area (Å²) >= 11 is 6.26. The Morgan fingerprint density at radius 2 is 1.50 bits per heavy atom. The molecule has 0 aliphatic heterocycles. The monoisotopic (exact) mass is 387 g/mol. The van der Waals surface area contributed by atoms with Crippen LogP contribution in [0.1, 0.15) is 53.0 Å². The number of carbonyl (C=O) groups excluding carboxylic acids is 1. The number of benzene rings is 3. The van der Waals surface area contributed by atoms with Gasteiger partial charge < -0.3 is 5.32 Å². The van der Waals surface area contributed by atoms with Crippen LogP contribution < -0.4 is 5.32 Å². The first-order valence-corrected chi connectivity index (χ1v) is 10.1. The van der Waals surface area contributed by atoms with E-state index in [1.54, 1.807) is 0 Å². The summed E-state index contributed by atoms with van der Waals surface area (Å²) in [5.74, 6) is 0.384. The van der Waals surface area contributed by atoms with Crippen LogP contribution in [0, 0.1) is 12.3 Å². The molecule has 1 atom stereocenters. The average molecular weight is 388 g/mol. The molecule has 0 heterocycles. The van der Waals surface area contributed by atoms with E-state index in [2.05, 4.69) is 60.8 Å². The molecule has 28 heavy (non-hydrogen) atoms. The van der Waals surface area contributed by atoms with Gasteiger partial charge in [-0.2, -0.15) is 0 Å². The Balaban J connectivity index is 1.61. The van der Waals surface area contributed by atoms with E-state index in [1.807, 2.05) is 25.1 Å². The number of hydrogen-bond donors (Lipinski definition) is 1. The molecule has 0 saturated carbocycles. The van der Waals surface area contributed by atoms with E-state index in [0.717, 1.165) is 17.7 Å². The SMILES string of the molecule is Cc1c(Cl)cccc1NC(=O)[C@@]1(C)CC2c3ccccc3C1c1ccccc12. The van der Waals surface area contributed by atoms with Crippen molar-refractivity contribution in [3.05, 3.63) is 99.6 Å². The van der Waals surface area contributed by atoms with Gasteiger partial charge in [0.15, 0.2) is 0 Å². The molecule has 140 valence electrons. The highest BCUT2D eigenvalue weighted by molar-refractivity contribution is 6.31. The molecule has 0 fully saturated rings. The fourth-order valence-electron chi connectivity index (χ4n) is 5.20.